The standard InChI is InChI=1S/C11H23NO2S/c1-5-12-11(4,10(13)14)7-6-8-15-9(2)3/h9,12H,5-8H2,1-4H3,(H,13,14). The van der Waals surface area contributed by atoms with E-state index in [0.29, 0.717) is 18.2 Å². The average molecular weight is 233 g/mol. The zero-order chi connectivity index (χ0) is 11.9. The van der Waals surface area contributed by atoms with E-state index in [1.807, 2.05) is 18.7 Å². The fraction of sp³-hybridized carbons (Fsp3) is 0.909. The Morgan fingerprint density at radius 1 is 1.53 bits per heavy atom. The monoisotopic (exact) mass is 233 g/mol. The van der Waals surface area contributed by atoms with Gasteiger partial charge in [0.2, 0.25) is 0 Å². The van der Waals surface area contributed by atoms with Gasteiger partial charge in [0.05, 0.1) is 0 Å². The fourth-order valence-electron chi connectivity index (χ4n) is 1.41. The largest absolute Gasteiger partial charge is 0.480 e. The van der Waals surface area contributed by atoms with Crippen molar-refractivity contribution in [2.24, 2.45) is 0 Å². The second-order valence-electron chi connectivity index (χ2n) is 4.19. The lowest BCUT2D eigenvalue weighted by molar-refractivity contribution is -0.144. The average Bonchev–Trinajstić information content (AvgIpc) is 2.12. The van der Waals surface area contributed by atoms with Crippen molar-refractivity contribution in [3.05, 3.63) is 0 Å². The molecule has 0 radical (unpaired) electrons. The number of carboxylic acid groups (broad SMARTS) is 1. The van der Waals surface area contributed by atoms with Gasteiger partial charge in [-0.25, -0.2) is 0 Å². The molecule has 0 aliphatic heterocycles. The van der Waals surface area contributed by atoms with E-state index in [2.05, 4.69) is 19.2 Å². The maximum absolute atomic E-state index is 11.1. The highest BCUT2D eigenvalue weighted by Crippen LogP contribution is 2.17. The molecule has 1 atom stereocenters. The van der Waals surface area contributed by atoms with Crippen molar-refractivity contribution in [3.63, 3.8) is 0 Å². The Morgan fingerprint density at radius 3 is 2.53 bits per heavy atom. The maximum atomic E-state index is 11.1. The Bertz CT molecular complexity index is 197. The van der Waals surface area contributed by atoms with Gasteiger partial charge in [-0.05, 0) is 37.3 Å². The minimum Gasteiger partial charge on any atom is -0.480 e. The molecule has 0 saturated carbocycles. The van der Waals surface area contributed by atoms with Gasteiger partial charge in [-0.3, -0.25) is 4.79 Å². The van der Waals surface area contributed by atoms with E-state index in [4.69, 9.17) is 5.11 Å². The van der Waals surface area contributed by atoms with E-state index in [-0.39, 0.29) is 0 Å². The molecular formula is C11H23NO2S. The summed E-state index contributed by atoms with van der Waals surface area (Å²) < 4.78 is 0. The topological polar surface area (TPSA) is 49.3 Å². The summed E-state index contributed by atoms with van der Waals surface area (Å²) in [7, 11) is 0. The molecule has 0 rings (SSSR count). The van der Waals surface area contributed by atoms with Crippen LogP contribution < -0.4 is 5.32 Å². The Balaban J connectivity index is 3.92. The normalized spacial score (nSPS) is 15.3. The third-order valence-corrected chi connectivity index (χ3v) is 3.50. The van der Waals surface area contributed by atoms with Crippen LogP contribution in [0.3, 0.4) is 0 Å². The van der Waals surface area contributed by atoms with E-state index >= 15 is 0 Å². The van der Waals surface area contributed by atoms with Crippen LogP contribution >= 0.6 is 11.8 Å². The molecule has 0 bridgehead atoms. The van der Waals surface area contributed by atoms with Gasteiger partial charge in [0.25, 0.3) is 0 Å². The van der Waals surface area contributed by atoms with Crippen LogP contribution in [0.25, 0.3) is 0 Å². The van der Waals surface area contributed by atoms with Gasteiger partial charge in [-0.2, -0.15) is 11.8 Å². The Hall–Kier alpha value is -0.220. The Morgan fingerprint density at radius 2 is 2.13 bits per heavy atom. The minimum atomic E-state index is -0.758. The van der Waals surface area contributed by atoms with Gasteiger partial charge in [-0.1, -0.05) is 20.8 Å². The first-order chi connectivity index (χ1) is 6.92. The van der Waals surface area contributed by atoms with E-state index in [1.54, 1.807) is 6.92 Å². The Kier molecular flexibility index (Phi) is 7.02. The van der Waals surface area contributed by atoms with Crippen LogP contribution in [0, 0.1) is 0 Å². The Labute approximate surface area is 97.0 Å². The van der Waals surface area contributed by atoms with Crippen LogP contribution in [-0.4, -0.2) is 34.2 Å². The highest BCUT2D eigenvalue weighted by atomic mass is 32.2. The lowest BCUT2D eigenvalue weighted by Gasteiger charge is -2.25. The second-order valence-corrected chi connectivity index (χ2v) is 5.88. The molecule has 2 N–H and O–H groups in total. The summed E-state index contributed by atoms with van der Waals surface area (Å²) in [6, 6.07) is 0. The van der Waals surface area contributed by atoms with E-state index in [9.17, 15) is 4.79 Å². The lowest BCUT2D eigenvalue weighted by Crippen LogP contribution is -2.49. The maximum Gasteiger partial charge on any atom is 0.323 e. The SMILES string of the molecule is CCNC(C)(CCCSC(C)C)C(=O)O. The third kappa shape index (κ3) is 6.05. The molecule has 0 aliphatic rings. The molecule has 0 amide bonds. The number of aliphatic carboxylic acids is 1. The molecule has 0 aromatic rings. The molecular weight excluding hydrogens is 210 g/mol. The summed E-state index contributed by atoms with van der Waals surface area (Å²) in [5.41, 5.74) is -0.758. The summed E-state index contributed by atoms with van der Waals surface area (Å²) in [4.78, 5) is 11.1. The lowest BCUT2D eigenvalue weighted by atomic mass is 9.96. The van der Waals surface area contributed by atoms with Crippen molar-refractivity contribution < 1.29 is 9.90 Å². The van der Waals surface area contributed by atoms with E-state index in [0.717, 1.165) is 12.2 Å². The summed E-state index contributed by atoms with van der Waals surface area (Å²) in [6.45, 7) is 8.71. The predicted molar refractivity (Wildman–Crippen MR) is 66.5 cm³/mol. The quantitative estimate of drug-likeness (QED) is 0.632. The molecule has 0 saturated heterocycles. The second kappa shape index (κ2) is 7.12. The number of hydrogen-bond acceptors (Lipinski definition) is 3. The number of thioether (sulfide) groups is 1. The van der Waals surface area contributed by atoms with Gasteiger partial charge >= 0.3 is 5.97 Å². The molecule has 15 heavy (non-hydrogen) atoms. The molecule has 4 heteroatoms. The third-order valence-electron chi connectivity index (χ3n) is 2.31. The minimum absolute atomic E-state index is 0.625. The number of nitrogens with one attached hydrogen (secondary N) is 1. The van der Waals surface area contributed by atoms with Gasteiger partial charge in [0.15, 0.2) is 0 Å². The molecule has 90 valence electrons. The van der Waals surface area contributed by atoms with Crippen LogP contribution in [0.4, 0.5) is 0 Å². The number of rotatable bonds is 8. The predicted octanol–water partition coefficient (Wildman–Crippen LogP) is 2.36. The first-order valence-corrected chi connectivity index (χ1v) is 6.57. The van der Waals surface area contributed by atoms with Crippen LogP contribution in [0.2, 0.25) is 0 Å². The summed E-state index contributed by atoms with van der Waals surface area (Å²) in [6.07, 6.45) is 1.63. The van der Waals surface area contributed by atoms with Crippen LogP contribution in [0.15, 0.2) is 0 Å². The summed E-state index contributed by atoms with van der Waals surface area (Å²) >= 11 is 1.88. The molecule has 0 aromatic heterocycles. The zero-order valence-corrected chi connectivity index (χ0v) is 11.0. The molecule has 3 nitrogen and oxygen atoms in total. The van der Waals surface area contributed by atoms with E-state index < -0.39 is 11.5 Å². The molecule has 0 aliphatic carbocycles. The van der Waals surface area contributed by atoms with Crippen molar-refractivity contribution in [2.75, 3.05) is 12.3 Å². The van der Waals surface area contributed by atoms with Gasteiger partial charge < -0.3 is 10.4 Å². The van der Waals surface area contributed by atoms with Crippen LogP contribution in [0.1, 0.15) is 40.5 Å². The highest BCUT2D eigenvalue weighted by molar-refractivity contribution is 7.99. The van der Waals surface area contributed by atoms with Crippen molar-refractivity contribution in [3.8, 4) is 0 Å². The summed E-state index contributed by atoms with van der Waals surface area (Å²) in [5.74, 6) is 0.283. The molecule has 0 aromatic carbocycles. The van der Waals surface area contributed by atoms with Gasteiger partial charge in [-0.15, -0.1) is 0 Å². The highest BCUT2D eigenvalue weighted by Gasteiger charge is 2.30. The smallest absolute Gasteiger partial charge is 0.323 e. The number of carboxylic acids is 1. The number of likely N-dealkylation sites (N-methyl/N-ethyl adjacent to an activating group) is 1. The van der Waals surface area contributed by atoms with Crippen molar-refractivity contribution >= 4 is 17.7 Å². The molecule has 1 unspecified atom stereocenters. The zero-order valence-electron chi connectivity index (χ0n) is 10.2. The molecule has 0 heterocycles. The first kappa shape index (κ1) is 14.8. The van der Waals surface area contributed by atoms with Crippen LogP contribution in [-0.2, 0) is 4.79 Å². The van der Waals surface area contributed by atoms with Crippen molar-refractivity contribution in [1.82, 2.24) is 5.32 Å². The van der Waals surface area contributed by atoms with Crippen LogP contribution in [0.5, 0.6) is 0 Å². The van der Waals surface area contributed by atoms with Crippen molar-refractivity contribution in [1.29, 1.82) is 0 Å². The number of hydrogen-bond donors (Lipinski definition) is 2. The fourth-order valence-corrected chi connectivity index (χ4v) is 2.19. The summed E-state index contributed by atoms with van der Waals surface area (Å²) in [5, 5.41) is 12.8. The molecule has 0 spiro atoms. The van der Waals surface area contributed by atoms with Crippen molar-refractivity contribution in [2.45, 2.75) is 51.3 Å². The van der Waals surface area contributed by atoms with E-state index in [1.165, 1.54) is 0 Å². The van der Waals surface area contributed by atoms with Gasteiger partial charge in [0.1, 0.15) is 5.54 Å². The van der Waals surface area contributed by atoms with Gasteiger partial charge in [0, 0.05) is 0 Å². The molecule has 0 fully saturated rings. The first-order valence-electron chi connectivity index (χ1n) is 5.52. The number of carbonyl (C=O) groups is 1.